The van der Waals surface area contributed by atoms with Gasteiger partial charge in [-0.15, -0.1) is 0 Å². The lowest BCUT2D eigenvalue weighted by Gasteiger charge is -2.28. The Bertz CT molecular complexity index is 200. The maximum Gasteiger partial charge on any atom is 0.306 e. The van der Waals surface area contributed by atoms with Gasteiger partial charge in [0, 0.05) is 6.42 Å². The second-order valence-electron chi connectivity index (χ2n) is 4.41. The maximum absolute atomic E-state index is 11.0. The van der Waals surface area contributed by atoms with Crippen molar-refractivity contribution in [2.45, 2.75) is 26.7 Å². The molecular formula is C10H16O2. The van der Waals surface area contributed by atoms with E-state index < -0.39 is 0 Å². The molecule has 0 aromatic rings. The molecule has 2 heteroatoms. The van der Waals surface area contributed by atoms with Crippen molar-refractivity contribution in [2.75, 3.05) is 6.61 Å². The molecule has 0 N–H and O–H groups in total. The number of carbonyl (C=O) groups is 1. The highest BCUT2D eigenvalue weighted by Crippen LogP contribution is 2.45. The van der Waals surface area contributed by atoms with E-state index in [9.17, 15) is 4.79 Å². The summed E-state index contributed by atoms with van der Waals surface area (Å²) >= 11 is 0. The van der Waals surface area contributed by atoms with Gasteiger partial charge in [0.05, 0.1) is 6.61 Å². The van der Waals surface area contributed by atoms with Crippen LogP contribution in [-0.2, 0) is 9.53 Å². The first-order valence-corrected chi connectivity index (χ1v) is 4.84. The SMILES string of the molecule is CC1CC(C)C2CC(=O)OCC12. The summed E-state index contributed by atoms with van der Waals surface area (Å²) in [5.74, 6) is 2.74. The molecule has 2 rings (SSSR count). The van der Waals surface area contributed by atoms with E-state index in [0.29, 0.717) is 24.9 Å². The summed E-state index contributed by atoms with van der Waals surface area (Å²) in [5.41, 5.74) is 0. The normalized spacial score (nSPS) is 47.0. The van der Waals surface area contributed by atoms with E-state index in [0.717, 1.165) is 11.8 Å². The summed E-state index contributed by atoms with van der Waals surface area (Å²) in [6.07, 6.45) is 1.93. The Balaban J connectivity index is 2.11. The molecule has 1 saturated heterocycles. The van der Waals surface area contributed by atoms with Crippen molar-refractivity contribution in [3.05, 3.63) is 0 Å². The van der Waals surface area contributed by atoms with Crippen LogP contribution in [0.4, 0.5) is 0 Å². The quantitative estimate of drug-likeness (QED) is 0.516. The van der Waals surface area contributed by atoms with Crippen molar-refractivity contribution in [3.63, 3.8) is 0 Å². The summed E-state index contributed by atoms with van der Waals surface area (Å²) in [6.45, 7) is 5.22. The first-order valence-electron chi connectivity index (χ1n) is 4.84. The van der Waals surface area contributed by atoms with Gasteiger partial charge in [-0.25, -0.2) is 0 Å². The number of carbonyl (C=O) groups excluding carboxylic acids is 1. The Hall–Kier alpha value is -0.530. The number of esters is 1. The van der Waals surface area contributed by atoms with Gasteiger partial charge in [-0.05, 0) is 30.1 Å². The van der Waals surface area contributed by atoms with Gasteiger partial charge in [0.2, 0.25) is 0 Å². The molecule has 2 nitrogen and oxygen atoms in total. The van der Waals surface area contributed by atoms with Gasteiger partial charge in [-0.1, -0.05) is 13.8 Å². The van der Waals surface area contributed by atoms with Crippen LogP contribution in [0.5, 0.6) is 0 Å². The summed E-state index contributed by atoms with van der Waals surface area (Å²) < 4.78 is 5.07. The molecule has 1 aliphatic heterocycles. The Kier molecular flexibility index (Phi) is 1.85. The smallest absolute Gasteiger partial charge is 0.306 e. The lowest BCUT2D eigenvalue weighted by Crippen LogP contribution is -2.31. The molecule has 2 aliphatic rings. The average molecular weight is 168 g/mol. The number of cyclic esters (lactones) is 1. The van der Waals surface area contributed by atoms with Crippen LogP contribution in [0.15, 0.2) is 0 Å². The third-order valence-electron chi connectivity index (χ3n) is 3.59. The minimum absolute atomic E-state index is 0.0113. The molecule has 2 fully saturated rings. The molecule has 1 heterocycles. The fraction of sp³-hybridized carbons (Fsp3) is 0.900. The van der Waals surface area contributed by atoms with Crippen molar-refractivity contribution >= 4 is 5.97 Å². The minimum Gasteiger partial charge on any atom is -0.465 e. The van der Waals surface area contributed by atoms with Crippen LogP contribution in [0, 0.1) is 23.7 Å². The van der Waals surface area contributed by atoms with Crippen molar-refractivity contribution in [2.24, 2.45) is 23.7 Å². The highest BCUT2D eigenvalue weighted by molar-refractivity contribution is 5.70. The average Bonchev–Trinajstić information content (AvgIpc) is 2.28. The Morgan fingerprint density at radius 2 is 1.92 bits per heavy atom. The molecular weight excluding hydrogens is 152 g/mol. The monoisotopic (exact) mass is 168 g/mol. The molecule has 0 spiro atoms. The Morgan fingerprint density at radius 1 is 1.25 bits per heavy atom. The van der Waals surface area contributed by atoms with Crippen molar-refractivity contribution in [1.82, 2.24) is 0 Å². The first kappa shape index (κ1) is 8.09. The molecule has 68 valence electrons. The zero-order valence-electron chi connectivity index (χ0n) is 7.75. The van der Waals surface area contributed by atoms with Gasteiger partial charge < -0.3 is 4.74 Å². The van der Waals surface area contributed by atoms with Crippen molar-refractivity contribution in [3.8, 4) is 0 Å². The third kappa shape index (κ3) is 1.13. The van der Waals surface area contributed by atoms with Crippen LogP contribution in [0.3, 0.4) is 0 Å². The van der Waals surface area contributed by atoms with E-state index in [-0.39, 0.29) is 5.97 Å². The highest BCUT2D eigenvalue weighted by atomic mass is 16.5. The predicted octanol–water partition coefficient (Wildman–Crippen LogP) is 1.84. The lowest BCUT2D eigenvalue weighted by atomic mass is 9.84. The predicted molar refractivity (Wildman–Crippen MR) is 45.5 cm³/mol. The zero-order valence-corrected chi connectivity index (χ0v) is 7.75. The molecule has 1 aliphatic carbocycles. The fourth-order valence-electron chi connectivity index (χ4n) is 2.86. The highest BCUT2D eigenvalue weighted by Gasteiger charge is 2.43. The molecule has 0 radical (unpaired) electrons. The number of fused-ring (bicyclic) bond motifs is 1. The second kappa shape index (κ2) is 2.75. The van der Waals surface area contributed by atoms with Crippen LogP contribution >= 0.6 is 0 Å². The number of hydrogen-bond donors (Lipinski definition) is 0. The molecule has 1 saturated carbocycles. The summed E-state index contributed by atoms with van der Waals surface area (Å²) in [7, 11) is 0. The van der Waals surface area contributed by atoms with E-state index >= 15 is 0 Å². The van der Waals surface area contributed by atoms with Gasteiger partial charge in [-0.2, -0.15) is 0 Å². The van der Waals surface area contributed by atoms with Gasteiger partial charge >= 0.3 is 5.97 Å². The van der Waals surface area contributed by atoms with Crippen molar-refractivity contribution < 1.29 is 9.53 Å². The lowest BCUT2D eigenvalue weighted by molar-refractivity contribution is -0.153. The number of rotatable bonds is 0. The molecule has 0 aromatic heterocycles. The van der Waals surface area contributed by atoms with E-state index in [1.807, 2.05) is 0 Å². The summed E-state index contributed by atoms with van der Waals surface area (Å²) in [6, 6.07) is 0. The summed E-state index contributed by atoms with van der Waals surface area (Å²) in [5, 5.41) is 0. The van der Waals surface area contributed by atoms with Gasteiger partial charge in [0.15, 0.2) is 0 Å². The van der Waals surface area contributed by atoms with Crippen LogP contribution in [0.1, 0.15) is 26.7 Å². The molecule has 4 atom stereocenters. The topological polar surface area (TPSA) is 26.3 Å². The standard InChI is InChI=1S/C10H16O2/c1-6-3-7(2)9-5-12-10(11)4-8(6)9/h6-9H,3-5H2,1-2H3. The van der Waals surface area contributed by atoms with E-state index in [2.05, 4.69) is 13.8 Å². The molecule has 0 bridgehead atoms. The van der Waals surface area contributed by atoms with Crippen LogP contribution in [0.25, 0.3) is 0 Å². The minimum atomic E-state index is 0.0113. The fourth-order valence-corrected chi connectivity index (χ4v) is 2.86. The number of hydrogen-bond acceptors (Lipinski definition) is 2. The van der Waals surface area contributed by atoms with E-state index in [1.54, 1.807) is 0 Å². The Labute approximate surface area is 73.3 Å². The maximum atomic E-state index is 11.0. The molecule has 0 amide bonds. The molecule has 4 unspecified atom stereocenters. The van der Waals surface area contributed by atoms with Crippen molar-refractivity contribution in [1.29, 1.82) is 0 Å². The summed E-state index contributed by atoms with van der Waals surface area (Å²) in [4.78, 5) is 11.0. The van der Waals surface area contributed by atoms with Crippen LogP contribution in [-0.4, -0.2) is 12.6 Å². The van der Waals surface area contributed by atoms with E-state index in [4.69, 9.17) is 4.74 Å². The zero-order chi connectivity index (χ0) is 8.72. The van der Waals surface area contributed by atoms with Gasteiger partial charge in [0.25, 0.3) is 0 Å². The van der Waals surface area contributed by atoms with Crippen LogP contribution < -0.4 is 0 Å². The first-order chi connectivity index (χ1) is 5.68. The third-order valence-corrected chi connectivity index (χ3v) is 3.59. The molecule has 0 aromatic carbocycles. The number of ether oxygens (including phenoxy) is 1. The van der Waals surface area contributed by atoms with Gasteiger partial charge in [0.1, 0.15) is 0 Å². The largest absolute Gasteiger partial charge is 0.465 e. The van der Waals surface area contributed by atoms with E-state index in [1.165, 1.54) is 6.42 Å². The second-order valence-corrected chi connectivity index (χ2v) is 4.41. The molecule has 12 heavy (non-hydrogen) atoms. The van der Waals surface area contributed by atoms with Gasteiger partial charge in [-0.3, -0.25) is 4.79 Å². The Morgan fingerprint density at radius 3 is 2.67 bits per heavy atom. The van der Waals surface area contributed by atoms with Crippen LogP contribution in [0.2, 0.25) is 0 Å².